The van der Waals surface area contributed by atoms with Crippen LogP contribution in [0.4, 0.5) is 0 Å². The van der Waals surface area contributed by atoms with E-state index in [0.29, 0.717) is 41.9 Å². The van der Waals surface area contributed by atoms with E-state index >= 15 is 0 Å². The molecule has 0 aromatic carbocycles. The normalized spacial score (nSPS) is 43.8. The molecule has 4 rings (SSSR count). The molecular formula is C26H44NNaO6S. The van der Waals surface area contributed by atoms with Crippen LogP contribution in [0.1, 0.15) is 85.0 Å². The van der Waals surface area contributed by atoms with Gasteiger partial charge in [-0.15, -0.1) is 0 Å². The minimum Gasteiger partial charge on any atom is -0.748 e. The molecule has 35 heavy (non-hydrogen) atoms. The Morgan fingerprint density at radius 2 is 1.71 bits per heavy atom. The van der Waals surface area contributed by atoms with E-state index in [2.05, 4.69) is 26.1 Å². The van der Waals surface area contributed by atoms with Gasteiger partial charge in [-0.05, 0) is 104 Å². The maximum Gasteiger partial charge on any atom is 1.00 e. The topological polar surface area (TPSA) is 127 Å². The number of fused-ring (bicyclic) bond motifs is 5. The number of carbonyl (C=O) groups is 1. The third-order valence-electron chi connectivity index (χ3n) is 10.9. The standard InChI is InChI=1S/C26H45NO6S.Na/c1-16(4-7-23(30)27-12-13-34(31,32)33)19-5-6-20-24-21(9-11-26(19,20)3)25(2)10-8-18(28)14-17(25)15-22(24)29;/h16-22,24,28-29H,4-15H2,1-3H3,(H,27,30)(H,31,32,33);/q;+1/p-1/t16-,17-,18-,19?,20?,21?,22+,24?,25+,26-;/m1./s1. The number of aliphatic hydroxyl groups excluding tert-OH is 2. The monoisotopic (exact) mass is 521 g/mol. The molecule has 4 saturated carbocycles. The first kappa shape index (κ1) is 29.9. The van der Waals surface area contributed by atoms with Crippen molar-refractivity contribution in [2.75, 3.05) is 12.3 Å². The molecule has 4 aliphatic rings. The molecule has 10 atom stereocenters. The molecule has 196 valence electrons. The van der Waals surface area contributed by atoms with E-state index < -0.39 is 15.9 Å². The maximum absolute atomic E-state index is 12.2. The van der Waals surface area contributed by atoms with E-state index in [4.69, 9.17) is 0 Å². The SMILES string of the molecule is C[C@H](CCC(=O)NCCS(=O)(=O)[O-])C1CCC2C3C(CC[C@@]21C)[C@@]1(C)CC[C@@H](O)C[C@@H]1C[C@@H]3O.[Na+]. The van der Waals surface area contributed by atoms with Crippen molar-refractivity contribution in [1.29, 1.82) is 0 Å². The Balaban J connectivity index is 0.00000342. The quantitative estimate of drug-likeness (QED) is 0.321. The maximum atomic E-state index is 12.2. The Morgan fingerprint density at radius 3 is 2.40 bits per heavy atom. The molecule has 0 radical (unpaired) electrons. The fraction of sp³-hybridized carbons (Fsp3) is 0.962. The first-order valence-electron chi connectivity index (χ1n) is 13.4. The number of rotatable bonds is 7. The van der Waals surface area contributed by atoms with Crippen LogP contribution in [0.5, 0.6) is 0 Å². The second-order valence-electron chi connectivity index (χ2n) is 12.6. The van der Waals surface area contributed by atoms with Crippen LogP contribution in [0.3, 0.4) is 0 Å². The van der Waals surface area contributed by atoms with E-state index in [0.717, 1.165) is 51.4 Å². The molecule has 9 heteroatoms. The van der Waals surface area contributed by atoms with Crippen molar-refractivity contribution in [1.82, 2.24) is 5.32 Å². The minimum atomic E-state index is -4.31. The van der Waals surface area contributed by atoms with Crippen LogP contribution < -0.4 is 34.9 Å². The van der Waals surface area contributed by atoms with E-state index in [1.165, 1.54) is 6.42 Å². The second kappa shape index (κ2) is 11.2. The van der Waals surface area contributed by atoms with Gasteiger partial charge < -0.3 is 20.1 Å². The average molecular weight is 522 g/mol. The van der Waals surface area contributed by atoms with Crippen LogP contribution in [0.25, 0.3) is 0 Å². The fourth-order valence-electron chi connectivity index (χ4n) is 9.14. The Labute approximate surface area is 233 Å². The van der Waals surface area contributed by atoms with Crippen LogP contribution in [0, 0.1) is 46.3 Å². The van der Waals surface area contributed by atoms with Gasteiger partial charge in [0.1, 0.15) is 0 Å². The van der Waals surface area contributed by atoms with Crippen LogP contribution in [-0.2, 0) is 14.9 Å². The van der Waals surface area contributed by atoms with Gasteiger partial charge in [0.05, 0.1) is 28.1 Å². The number of hydrogen-bond acceptors (Lipinski definition) is 6. The molecule has 7 nitrogen and oxygen atoms in total. The summed E-state index contributed by atoms with van der Waals surface area (Å²) >= 11 is 0. The van der Waals surface area contributed by atoms with Crippen molar-refractivity contribution in [3.05, 3.63) is 0 Å². The Morgan fingerprint density at radius 1 is 1.06 bits per heavy atom. The number of hydrogen-bond donors (Lipinski definition) is 3. The third kappa shape index (κ3) is 5.99. The van der Waals surface area contributed by atoms with Crippen molar-refractivity contribution >= 4 is 16.0 Å². The van der Waals surface area contributed by atoms with E-state index in [1.54, 1.807) is 0 Å². The van der Waals surface area contributed by atoms with Crippen molar-refractivity contribution in [3.8, 4) is 0 Å². The molecule has 4 unspecified atom stereocenters. The summed E-state index contributed by atoms with van der Waals surface area (Å²) in [6, 6.07) is 0. The summed E-state index contributed by atoms with van der Waals surface area (Å²) in [7, 11) is -4.31. The zero-order valence-electron chi connectivity index (χ0n) is 22.0. The third-order valence-corrected chi connectivity index (χ3v) is 11.6. The molecule has 4 fully saturated rings. The molecule has 1 amide bonds. The Kier molecular flexibility index (Phi) is 9.54. The molecule has 0 saturated heterocycles. The van der Waals surface area contributed by atoms with Gasteiger partial charge in [0, 0.05) is 13.0 Å². The predicted molar refractivity (Wildman–Crippen MR) is 129 cm³/mol. The largest absolute Gasteiger partial charge is 1.00 e. The summed E-state index contributed by atoms with van der Waals surface area (Å²) in [6.45, 7) is 6.96. The van der Waals surface area contributed by atoms with E-state index in [-0.39, 0.29) is 65.0 Å². The number of amides is 1. The van der Waals surface area contributed by atoms with Crippen LogP contribution in [-0.4, -0.2) is 53.6 Å². The van der Waals surface area contributed by atoms with E-state index in [1.807, 2.05) is 0 Å². The molecule has 3 N–H and O–H groups in total. The van der Waals surface area contributed by atoms with Gasteiger partial charge >= 0.3 is 29.6 Å². The van der Waals surface area contributed by atoms with Crippen molar-refractivity contribution in [2.45, 2.75) is 97.2 Å². The molecule has 0 bridgehead atoms. The molecule has 0 aromatic heterocycles. The minimum absolute atomic E-state index is 0. The van der Waals surface area contributed by atoms with Gasteiger partial charge in [-0.3, -0.25) is 4.79 Å². The van der Waals surface area contributed by atoms with Crippen LogP contribution >= 0.6 is 0 Å². The fourth-order valence-corrected chi connectivity index (χ4v) is 9.49. The summed E-state index contributed by atoms with van der Waals surface area (Å²) in [4.78, 5) is 12.2. The zero-order valence-corrected chi connectivity index (χ0v) is 24.9. The summed E-state index contributed by atoms with van der Waals surface area (Å²) < 4.78 is 32.2. The predicted octanol–water partition coefficient (Wildman–Crippen LogP) is 0.0587. The second-order valence-corrected chi connectivity index (χ2v) is 14.1. The smallest absolute Gasteiger partial charge is 0.748 e. The molecule has 0 heterocycles. The first-order chi connectivity index (χ1) is 15.8. The molecular weight excluding hydrogens is 477 g/mol. The van der Waals surface area contributed by atoms with Crippen molar-refractivity contribution in [3.63, 3.8) is 0 Å². The molecule has 0 spiro atoms. The van der Waals surface area contributed by atoms with Gasteiger partial charge in [-0.25, -0.2) is 8.42 Å². The van der Waals surface area contributed by atoms with Crippen molar-refractivity contribution < 1.29 is 57.5 Å². The molecule has 4 aliphatic carbocycles. The average Bonchev–Trinajstić information content (AvgIpc) is 3.09. The molecule has 0 aliphatic heterocycles. The van der Waals surface area contributed by atoms with Crippen LogP contribution in [0.2, 0.25) is 0 Å². The number of aliphatic hydroxyl groups is 2. The summed E-state index contributed by atoms with van der Waals surface area (Å²) in [6.07, 6.45) is 8.78. The molecule has 0 aromatic rings. The van der Waals surface area contributed by atoms with Crippen LogP contribution in [0.15, 0.2) is 0 Å². The number of carbonyl (C=O) groups excluding carboxylic acids is 1. The zero-order chi connectivity index (χ0) is 24.9. The Bertz CT molecular complexity index is 870. The first-order valence-corrected chi connectivity index (χ1v) is 15.0. The van der Waals surface area contributed by atoms with Gasteiger partial charge in [-0.1, -0.05) is 20.8 Å². The van der Waals surface area contributed by atoms with Gasteiger partial charge in [0.25, 0.3) is 0 Å². The van der Waals surface area contributed by atoms with Gasteiger partial charge in [0.15, 0.2) is 0 Å². The summed E-state index contributed by atoms with van der Waals surface area (Å²) in [5, 5.41) is 24.2. The van der Waals surface area contributed by atoms with Gasteiger partial charge in [0.2, 0.25) is 5.91 Å². The van der Waals surface area contributed by atoms with Gasteiger partial charge in [-0.2, -0.15) is 0 Å². The number of nitrogens with one attached hydrogen (secondary N) is 1. The van der Waals surface area contributed by atoms with E-state index in [9.17, 15) is 28.0 Å². The summed E-state index contributed by atoms with van der Waals surface area (Å²) in [5.74, 6) is 1.92. The Hall–Kier alpha value is 0.300. The van der Waals surface area contributed by atoms with Crippen molar-refractivity contribution in [2.24, 2.45) is 46.3 Å². The summed E-state index contributed by atoms with van der Waals surface area (Å²) in [5.41, 5.74) is 0.399.